The predicted molar refractivity (Wildman–Crippen MR) is 52.5 cm³/mol. The number of alkyl halides is 3. The highest BCUT2D eigenvalue weighted by atomic mass is 19.4. The fourth-order valence-electron chi connectivity index (χ4n) is 0.996. The van der Waals surface area contributed by atoms with E-state index < -0.39 is 17.5 Å². The Hall–Kier alpha value is -1.93. The van der Waals surface area contributed by atoms with Gasteiger partial charge in [0, 0.05) is 13.0 Å². The molecule has 1 heterocycles. The topological polar surface area (TPSA) is 81.0 Å². The Morgan fingerprint density at radius 2 is 1.94 bits per heavy atom. The molecule has 94 valence electrons. The number of halogens is 3. The molecule has 6 nitrogen and oxygen atoms in total. The van der Waals surface area contributed by atoms with Gasteiger partial charge in [-0.25, -0.2) is 9.97 Å². The van der Waals surface area contributed by atoms with Crippen LogP contribution < -0.4 is 5.32 Å². The van der Waals surface area contributed by atoms with Gasteiger partial charge in [0.15, 0.2) is 0 Å². The monoisotopic (exact) mass is 250 g/mol. The Balaban J connectivity index is 2.35. The molecule has 1 aromatic rings. The number of hydrogen-bond acceptors (Lipinski definition) is 5. The van der Waals surface area contributed by atoms with Gasteiger partial charge in [0.05, 0.1) is 4.92 Å². The maximum atomic E-state index is 11.8. The third-order valence-corrected chi connectivity index (χ3v) is 1.77. The van der Waals surface area contributed by atoms with Crippen molar-refractivity contribution in [1.82, 2.24) is 9.97 Å². The predicted octanol–water partition coefficient (Wildman–Crippen LogP) is 2.14. The molecule has 1 N–H and O–H groups in total. The lowest BCUT2D eigenvalue weighted by Crippen LogP contribution is -2.12. The number of aromatic nitrogens is 2. The third kappa shape index (κ3) is 5.09. The molecule has 0 spiro atoms. The van der Waals surface area contributed by atoms with Crippen molar-refractivity contribution < 1.29 is 18.1 Å². The van der Waals surface area contributed by atoms with Crippen molar-refractivity contribution in [1.29, 1.82) is 0 Å². The van der Waals surface area contributed by atoms with Gasteiger partial charge in [-0.3, -0.25) is 10.1 Å². The molecule has 1 rings (SSSR count). The second kappa shape index (κ2) is 5.41. The van der Waals surface area contributed by atoms with E-state index in [1.54, 1.807) is 0 Å². The molecule has 0 unspecified atom stereocenters. The number of nitrogens with zero attached hydrogens (tertiary/aromatic N) is 3. The van der Waals surface area contributed by atoms with Crippen molar-refractivity contribution >= 4 is 11.6 Å². The Morgan fingerprint density at radius 1 is 1.35 bits per heavy atom. The van der Waals surface area contributed by atoms with E-state index in [0.717, 1.165) is 12.4 Å². The van der Waals surface area contributed by atoms with Crippen molar-refractivity contribution in [3.8, 4) is 0 Å². The van der Waals surface area contributed by atoms with Gasteiger partial charge in [0.2, 0.25) is 5.95 Å². The van der Waals surface area contributed by atoms with Crippen LogP contribution in [0.3, 0.4) is 0 Å². The zero-order valence-corrected chi connectivity index (χ0v) is 8.57. The van der Waals surface area contributed by atoms with Crippen LogP contribution in [0.1, 0.15) is 12.8 Å². The van der Waals surface area contributed by atoms with Crippen LogP contribution in [0.4, 0.5) is 24.8 Å². The van der Waals surface area contributed by atoms with E-state index in [1.165, 1.54) is 0 Å². The molecule has 0 amide bonds. The summed E-state index contributed by atoms with van der Waals surface area (Å²) in [6.07, 6.45) is -3.22. The fourth-order valence-corrected chi connectivity index (χ4v) is 0.996. The van der Waals surface area contributed by atoms with Gasteiger partial charge in [0.25, 0.3) is 0 Å². The van der Waals surface area contributed by atoms with Crippen LogP contribution in [0.5, 0.6) is 0 Å². The van der Waals surface area contributed by atoms with Crippen molar-refractivity contribution in [2.45, 2.75) is 19.0 Å². The highest BCUT2D eigenvalue weighted by molar-refractivity contribution is 5.30. The SMILES string of the molecule is O=[N+]([O-])c1cnc(NCCCC(F)(F)F)nc1. The Bertz CT molecular complexity index is 379. The number of anilines is 1. The summed E-state index contributed by atoms with van der Waals surface area (Å²) in [4.78, 5) is 16.8. The molecule has 0 aliphatic rings. The van der Waals surface area contributed by atoms with E-state index in [4.69, 9.17) is 0 Å². The lowest BCUT2D eigenvalue weighted by atomic mass is 10.3. The molecule has 1 aromatic heterocycles. The summed E-state index contributed by atoms with van der Waals surface area (Å²) in [5.41, 5.74) is -0.272. The van der Waals surface area contributed by atoms with Gasteiger partial charge in [0.1, 0.15) is 12.4 Å². The first-order chi connectivity index (χ1) is 7.88. The Kier molecular flexibility index (Phi) is 4.18. The summed E-state index contributed by atoms with van der Waals surface area (Å²) in [6.45, 7) is 0.0529. The zero-order valence-electron chi connectivity index (χ0n) is 8.57. The molecule has 0 bridgehead atoms. The quantitative estimate of drug-likeness (QED) is 0.492. The number of hydrogen-bond donors (Lipinski definition) is 1. The lowest BCUT2D eigenvalue weighted by molar-refractivity contribution is -0.385. The molecule has 0 fully saturated rings. The van der Waals surface area contributed by atoms with Crippen molar-refractivity contribution in [2.75, 3.05) is 11.9 Å². The normalized spacial score (nSPS) is 11.2. The van der Waals surface area contributed by atoms with Crippen LogP contribution in [-0.2, 0) is 0 Å². The summed E-state index contributed by atoms with van der Waals surface area (Å²) < 4.78 is 35.4. The van der Waals surface area contributed by atoms with Crippen LogP contribution in [0.2, 0.25) is 0 Å². The second-order valence-electron chi connectivity index (χ2n) is 3.17. The maximum absolute atomic E-state index is 11.8. The summed E-state index contributed by atoms with van der Waals surface area (Å²) >= 11 is 0. The molecule has 17 heavy (non-hydrogen) atoms. The maximum Gasteiger partial charge on any atom is 0.389 e. The molecule has 0 aliphatic carbocycles. The highest BCUT2D eigenvalue weighted by Crippen LogP contribution is 2.21. The van der Waals surface area contributed by atoms with Gasteiger partial charge in [-0.2, -0.15) is 13.2 Å². The molecule has 9 heteroatoms. The average molecular weight is 250 g/mol. The second-order valence-corrected chi connectivity index (χ2v) is 3.17. The van der Waals surface area contributed by atoms with Gasteiger partial charge < -0.3 is 5.32 Å². The standard InChI is InChI=1S/C8H9F3N4O2/c9-8(10,11)2-1-3-12-7-13-4-6(5-14-7)15(16)17/h4-5H,1-3H2,(H,12,13,14). The summed E-state index contributed by atoms with van der Waals surface area (Å²) in [7, 11) is 0. The Labute approximate surface area is 94.0 Å². The minimum atomic E-state index is -4.18. The van der Waals surface area contributed by atoms with Crippen molar-refractivity contribution in [3.05, 3.63) is 22.5 Å². The third-order valence-electron chi connectivity index (χ3n) is 1.77. The van der Waals surface area contributed by atoms with E-state index in [2.05, 4.69) is 15.3 Å². The Morgan fingerprint density at radius 3 is 2.41 bits per heavy atom. The van der Waals surface area contributed by atoms with Crippen LogP contribution in [-0.4, -0.2) is 27.6 Å². The number of rotatable bonds is 5. The minimum absolute atomic E-state index is 0.0529. The van der Waals surface area contributed by atoms with Crippen LogP contribution in [0, 0.1) is 10.1 Å². The molecule has 0 saturated heterocycles. The largest absolute Gasteiger partial charge is 0.389 e. The van der Waals surface area contributed by atoms with Crippen molar-refractivity contribution in [3.63, 3.8) is 0 Å². The van der Waals surface area contributed by atoms with E-state index in [0.29, 0.717) is 0 Å². The van der Waals surface area contributed by atoms with Crippen LogP contribution in [0.25, 0.3) is 0 Å². The molecule has 0 saturated carbocycles. The number of nitro groups is 1. The van der Waals surface area contributed by atoms with Gasteiger partial charge in [-0.05, 0) is 6.42 Å². The zero-order chi connectivity index (χ0) is 12.9. The summed E-state index contributed by atoms with van der Waals surface area (Å²) in [5.74, 6) is 0.0674. The molecule has 0 aromatic carbocycles. The smallest absolute Gasteiger partial charge is 0.354 e. The molecular formula is C8H9F3N4O2. The highest BCUT2D eigenvalue weighted by Gasteiger charge is 2.25. The first-order valence-corrected chi connectivity index (χ1v) is 4.65. The van der Waals surface area contributed by atoms with E-state index in [9.17, 15) is 23.3 Å². The van der Waals surface area contributed by atoms with Gasteiger partial charge in [-0.1, -0.05) is 0 Å². The van der Waals surface area contributed by atoms with Gasteiger partial charge in [-0.15, -0.1) is 0 Å². The fraction of sp³-hybridized carbons (Fsp3) is 0.500. The van der Waals surface area contributed by atoms with Crippen molar-refractivity contribution in [2.24, 2.45) is 0 Å². The molecule has 0 aliphatic heterocycles. The van der Waals surface area contributed by atoms with E-state index in [-0.39, 0.29) is 24.6 Å². The number of nitrogens with one attached hydrogen (secondary N) is 1. The summed E-state index contributed by atoms with van der Waals surface area (Å²) in [5, 5.41) is 12.8. The van der Waals surface area contributed by atoms with E-state index >= 15 is 0 Å². The molecular weight excluding hydrogens is 241 g/mol. The van der Waals surface area contributed by atoms with Gasteiger partial charge >= 0.3 is 11.9 Å². The van der Waals surface area contributed by atoms with Crippen LogP contribution >= 0.6 is 0 Å². The minimum Gasteiger partial charge on any atom is -0.354 e. The van der Waals surface area contributed by atoms with E-state index in [1.807, 2.05) is 0 Å². The first kappa shape index (κ1) is 13.1. The lowest BCUT2D eigenvalue weighted by Gasteiger charge is -2.06. The molecule has 0 atom stereocenters. The summed E-state index contributed by atoms with van der Waals surface area (Å²) in [6, 6.07) is 0. The average Bonchev–Trinajstić information content (AvgIpc) is 2.24. The van der Waals surface area contributed by atoms with Crippen LogP contribution in [0.15, 0.2) is 12.4 Å². The molecule has 0 radical (unpaired) electrons. The first-order valence-electron chi connectivity index (χ1n) is 4.65.